The quantitative estimate of drug-likeness (QED) is 0.795. The van der Waals surface area contributed by atoms with E-state index in [-0.39, 0.29) is 0 Å². The highest BCUT2D eigenvalue weighted by Crippen LogP contribution is 2.26. The maximum Gasteiger partial charge on any atom is 0.0951 e. The van der Waals surface area contributed by atoms with Crippen molar-refractivity contribution in [3.05, 3.63) is 30.5 Å². The molecule has 2 aromatic rings. The van der Waals surface area contributed by atoms with Gasteiger partial charge < -0.3 is 15.8 Å². The highest BCUT2D eigenvalue weighted by molar-refractivity contribution is 5.97. The average molecular weight is 245 g/mol. The molecule has 0 amide bonds. The van der Waals surface area contributed by atoms with Gasteiger partial charge in [-0.3, -0.25) is 4.98 Å². The molecule has 4 heteroatoms. The monoisotopic (exact) mass is 245 g/mol. The predicted octanol–water partition coefficient (Wildman–Crippen LogP) is 2.65. The molecule has 18 heavy (non-hydrogen) atoms. The summed E-state index contributed by atoms with van der Waals surface area (Å²) in [6, 6.07) is 8.17. The molecule has 0 aliphatic heterocycles. The molecule has 4 nitrogen and oxygen atoms in total. The van der Waals surface area contributed by atoms with Crippen molar-refractivity contribution in [1.29, 1.82) is 0 Å². The first kappa shape index (κ1) is 12.6. The van der Waals surface area contributed by atoms with Crippen molar-refractivity contribution in [2.24, 2.45) is 0 Å². The van der Waals surface area contributed by atoms with Crippen LogP contribution in [0.4, 0.5) is 11.4 Å². The second-order valence-electron chi connectivity index (χ2n) is 4.43. The molecule has 1 unspecified atom stereocenters. The third-order valence-electron chi connectivity index (χ3n) is 2.96. The zero-order valence-electron chi connectivity index (χ0n) is 10.8. The van der Waals surface area contributed by atoms with E-state index in [9.17, 15) is 0 Å². The lowest BCUT2D eigenvalue weighted by Crippen LogP contribution is -2.17. The van der Waals surface area contributed by atoms with Gasteiger partial charge in [-0.25, -0.2) is 0 Å². The van der Waals surface area contributed by atoms with Crippen LogP contribution in [0.15, 0.2) is 30.5 Å². The van der Waals surface area contributed by atoms with Crippen LogP contribution in [-0.4, -0.2) is 24.7 Å². The van der Waals surface area contributed by atoms with E-state index >= 15 is 0 Å². The third-order valence-corrected chi connectivity index (χ3v) is 2.96. The van der Waals surface area contributed by atoms with E-state index in [0.29, 0.717) is 11.7 Å². The molecule has 1 aromatic carbocycles. The van der Waals surface area contributed by atoms with Crippen LogP contribution >= 0.6 is 0 Å². The van der Waals surface area contributed by atoms with Crippen LogP contribution in [0.1, 0.15) is 13.3 Å². The number of benzene rings is 1. The molecule has 1 aromatic heterocycles. The van der Waals surface area contributed by atoms with Crippen molar-refractivity contribution >= 4 is 22.3 Å². The molecule has 0 aliphatic rings. The number of rotatable bonds is 5. The fraction of sp³-hybridized carbons (Fsp3) is 0.357. The molecular formula is C14H19N3O. The number of methoxy groups -OCH3 is 1. The molecule has 1 heterocycles. The first-order valence-corrected chi connectivity index (χ1v) is 6.11. The van der Waals surface area contributed by atoms with Crippen LogP contribution in [0, 0.1) is 0 Å². The summed E-state index contributed by atoms with van der Waals surface area (Å²) in [5.74, 6) is 0. The number of aromatic nitrogens is 1. The van der Waals surface area contributed by atoms with Crippen molar-refractivity contribution < 1.29 is 4.74 Å². The van der Waals surface area contributed by atoms with Crippen LogP contribution in [0.3, 0.4) is 0 Å². The van der Waals surface area contributed by atoms with E-state index in [1.165, 1.54) is 0 Å². The SMILES string of the molecule is COCCC(C)Nc1ccnc2c(N)cccc12. The highest BCUT2D eigenvalue weighted by atomic mass is 16.5. The van der Waals surface area contributed by atoms with E-state index in [4.69, 9.17) is 10.5 Å². The van der Waals surface area contributed by atoms with Crippen LogP contribution in [0.25, 0.3) is 10.9 Å². The second kappa shape index (κ2) is 5.69. The zero-order chi connectivity index (χ0) is 13.0. The Bertz CT molecular complexity index is 527. The number of anilines is 2. The first-order valence-electron chi connectivity index (χ1n) is 6.11. The Morgan fingerprint density at radius 1 is 1.39 bits per heavy atom. The number of nitrogen functional groups attached to an aromatic ring is 1. The Kier molecular flexibility index (Phi) is 3.99. The van der Waals surface area contributed by atoms with Crippen molar-refractivity contribution in [2.75, 3.05) is 24.8 Å². The van der Waals surface area contributed by atoms with Crippen molar-refractivity contribution in [2.45, 2.75) is 19.4 Å². The minimum atomic E-state index is 0.344. The van der Waals surface area contributed by atoms with Gasteiger partial charge in [0.05, 0.1) is 11.2 Å². The molecule has 0 spiro atoms. The molecule has 0 saturated carbocycles. The van der Waals surface area contributed by atoms with E-state index in [0.717, 1.165) is 29.6 Å². The van der Waals surface area contributed by atoms with Gasteiger partial charge in [-0.15, -0.1) is 0 Å². The van der Waals surface area contributed by atoms with Gasteiger partial charge in [0.25, 0.3) is 0 Å². The number of pyridine rings is 1. The van der Waals surface area contributed by atoms with Crippen LogP contribution in [-0.2, 0) is 4.74 Å². The molecule has 2 rings (SSSR count). The van der Waals surface area contributed by atoms with Crippen LogP contribution in [0.2, 0.25) is 0 Å². The molecule has 3 N–H and O–H groups in total. The van der Waals surface area contributed by atoms with Gasteiger partial charge in [-0.05, 0) is 25.5 Å². The number of nitrogens with one attached hydrogen (secondary N) is 1. The summed E-state index contributed by atoms with van der Waals surface area (Å²) in [4.78, 5) is 4.32. The molecule has 0 bridgehead atoms. The van der Waals surface area contributed by atoms with Gasteiger partial charge in [-0.2, -0.15) is 0 Å². The van der Waals surface area contributed by atoms with Gasteiger partial charge >= 0.3 is 0 Å². The van der Waals surface area contributed by atoms with Crippen LogP contribution < -0.4 is 11.1 Å². The topological polar surface area (TPSA) is 60.2 Å². The van der Waals surface area contributed by atoms with Gasteiger partial charge in [0.1, 0.15) is 0 Å². The predicted molar refractivity (Wildman–Crippen MR) is 75.7 cm³/mol. The van der Waals surface area contributed by atoms with Gasteiger partial charge in [-0.1, -0.05) is 12.1 Å². The number of ether oxygens (including phenoxy) is 1. The maximum atomic E-state index is 5.93. The highest BCUT2D eigenvalue weighted by Gasteiger charge is 2.07. The molecular weight excluding hydrogens is 226 g/mol. The average Bonchev–Trinajstić information content (AvgIpc) is 2.38. The standard InChI is InChI=1S/C14H19N3O/c1-10(7-9-18-2)17-13-6-8-16-14-11(13)4-3-5-12(14)15/h3-6,8,10H,7,9,15H2,1-2H3,(H,16,17). The number of hydrogen-bond acceptors (Lipinski definition) is 4. The lowest BCUT2D eigenvalue weighted by molar-refractivity contribution is 0.191. The lowest BCUT2D eigenvalue weighted by atomic mass is 10.1. The Hall–Kier alpha value is -1.81. The smallest absolute Gasteiger partial charge is 0.0951 e. The number of nitrogens with two attached hydrogens (primary N) is 1. The lowest BCUT2D eigenvalue weighted by Gasteiger charge is -2.16. The molecule has 0 saturated heterocycles. The number of nitrogens with zero attached hydrogens (tertiary/aromatic N) is 1. The summed E-state index contributed by atoms with van der Waals surface area (Å²) < 4.78 is 5.08. The largest absolute Gasteiger partial charge is 0.397 e. The minimum absolute atomic E-state index is 0.344. The fourth-order valence-electron chi connectivity index (χ4n) is 1.96. The Morgan fingerprint density at radius 3 is 3.00 bits per heavy atom. The second-order valence-corrected chi connectivity index (χ2v) is 4.43. The zero-order valence-corrected chi connectivity index (χ0v) is 10.8. The minimum Gasteiger partial charge on any atom is -0.397 e. The third kappa shape index (κ3) is 2.71. The summed E-state index contributed by atoms with van der Waals surface area (Å²) in [5.41, 5.74) is 8.55. The number of fused-ring (bicyclic) bond motifs is 1. The van der Waals surface area contributed by atoms with E-state index < -0.39 is 0 Å². The van der Waals surface area contributed by atoms with Crippen molar-refractivity contribution in [3.8, 4) is 0 Å². The normalized spacial score (nSPS) is 12.6. The van der Waals surface area contributed by atoms with Gasteiger partial charge in [0.2, 0.25) is 0 Å². The van der Waals surface area contributed by atoms with Gasteiger partial charge in [0, 0.05) is 37.0 Å². The number of para-hydroxylation sites is 1. The number of hydrogen-bond donors (Lipinski definition) is 2. The summed E-state index contributed by atoms with van der Waals surface area (Å²) in [5, 5.41) is 4.53. The van der Waals surface area contributed by atoms with E-state index in [1.54, 1.807) is 13.3 Å². The van der Waals surface area contributed by atoms with E-state index in [1.807, 2.05) is 24.3 Å². The van der Waals surface area contributed by atoms with Crippen molar-refractivity contribution in [1.82, 2.24) is 4.98 Å². The maximum absolute atomic E-state index is 5.93. The molecule has 1 atom stereocenters. The van der Waals surface area contributed by atoms with Crippen LogP contribution in [0.5, 0.6) is 0 Å². The Morgan fingerprint density at radius 2 is 2.22 bits per heavy atom. The van der Waals surface area contributed by atoms with Gasteiger partial charge in [0.15, 0.2) is 0 Å². The Labute approximate surface area is 107 Å². The summed E-state index contributed by atoms with van der Waals surface area (Å²) in [6.07, 6.45) is 2.74. The molecule has 0 fully saturated rings. The molecule has 96 valence electrons. The fourth-order valence-corrected chi connectivity index (χ4v) is 1.96. The molecule has 0 radical (unpaired) electrons. The summed E-state index contributed by atoms with van der Waals surface area (Å²) in [6.45, 7) is 2.89. The molecule has 0 aliphatic carbocycles. The summed E-state index contributed by atoms with van der Waals surface area (Å²) in [7, 11) is 1.72. The van der Waals surface area contributed by atoms with Crippen molar-refractivity contribution in [3.63, 3.8) is 0 Å². The van der Waals surface area contributed by atoms with E-state index in [2.05, 4.69) is 17.2 Å². The summed E-state index contributed by atoms with van der Waals surface area (Å²) >= 11 is 0. The first-order chi connectivity index (χ1) is 8.72. The Balaban J connectivity index is 2.25.